The Labute approximate surface area is 114 Å². The Morgan fingerprint density at radius 1 is 1.33 bits per heavy atom. The third-order valence-corrected chi connectivity index (χ3v) is 5.14. The van der Waals surface area contributed by atoms with Crippen LogP contribution in [0.25, 0.3) is 0 Å². The summed E-state index contributed by atoms with van der Waals surface area (Å²) in [4.78, 5) is 11.0. The zero-order valence-electron chi connectivity index (χ0n) is 11.9. The van der Waals surface area contributed by atoms with Crippen LogP contribution >= 0.6 is 11.3 Å². The average Bonchev–Trinajstić information content (AvgIpc) is 2.80. The SMILES string of the molecule is CCN1CCN(c2nc(C)c(C(C)NC)s2)CC1. The molecule has 5 heteroatoms. The number of hydrogen-bond acceptors (Lipinski definition) is 5. The zero-order chi connectivity index (χ0) is 13.1. The van der Waals surface area contributed by atoms with E-state index in [2.05, 4.69) is 35.9 Å². The molecule has 0 amide bonds. The van der Waals surface area contributed by atoms with E-state index in [0.29, 0.717) is 6.04 Å². The van der Waals surface area contributed by atoms with Gasteiger partial charge >= 0.3 is 0 Å². The minimum Gasteiger partial charge on any atom is -0.346 e. The number of rotatable bonds is 4. The molecule has 102 valence electrons. The van der Waals surface area contributed by atoms with Crippen LogP contribution in [0, 0.1) is 6.92 Å². The largest absolute Gasteiger partial charge is 0.346 e. The Morgan fingerprint density at radius 3 is 2.56 bits per heavy atom. The van der Waals surface area contributed by atoms with Crippen LogP contribution in [0.1, 0.15) is 30.5 Å². The summed E-state index contributed by atoms with van der Waals surface area (Å²) in [5.74, 6) is 0. The Balaban J connectivity index is 2.06. The van der Waals surface area contributed by atoms with Gasteiger partial charge in [-0.15, -0.1) is 11.3 Å². The van der Waals surface area contributed by atoms with Crippen molar-refractivity contribution in [1.82, 2.24) is 15.2 Å². The molecule has 1 atom stereocenters. The molecule has 0 aromatic carbocycles. The highest BCUT2D eigenvalue weighted by molar-refractivity contribution is 7.15. The summed E-state index contributed by atoms with van der Waals surface area (Å²) in [5, 5.41) is 4.49. The van der Waals surface area contributed by atoms with Crippen molar-refractivity contribution in [2.45, 2.75) is 26.8 Å². The molecule has 2 rings (SSSR count). The van der Waals surface area contributed by atoms with Crippen LogP contribution in [-0.4, -0.2) is 49.7 Å². The highest BCUT2D eigenvalue weighted by Crippen LogP contribution is 2.30. The molecule has 0 spiro atoms. The van der Waals surface area contributed by atoms with Gasteiger partial charge < -0.3 is 15.1 Å². The maximum Gasteiger partial charge on any atom is 0.185 e. The molecule has 2 heterocycles. The van der Waals surface area contributed by atoms with E-state index >= 15 is 0 Å². The minimum absolute atomic E-state index is 0.396. The fraction of sp³-hybridized carbons (Fsp3) is 0.769. The lowest BCUT2D eigenvalue weighted by molar-refractivity contribution is 0.271. The molecule has 4 nitrogen and oxygen atoms in total. The van der Waals surface area contributed by atoms with Crippen LogP contribution < -0.4 is 10.2 Å². The van der Waals surface area contributed by atoms with Crippen molar-refractivity contribution in [2.24, 2.45) is 0 Å². The van der Waals surface area contributed by atoms with Gasteiger partial charge in [0.1, 0.15) is 0 Å². The van der Waals surface area contributed by atoms with Gasteiger partial charge in [0.2, 0.25) is 0 Å². The van der Waals surface area contributed by atoms with Gasteiger partial charge in [0.15, 0.2) is 5.13 Å². The van der Waals surface area contributed by atoms with E-state index in [0.717, 1.165) is 32.7 Å². The molecule has 1 aromatic heterocycles. The molecule has 1 N–H and O–H groups in total. The molecule has 0 aliphatic carbocycles. The van der Waals surface area contributed by atoms with Crippen molar-refractivity contribution >= 4 is 16.5 Å². The molecule has 1 fully saturated rings. The number of nitrogens with one attached hydrogen (secondary N) is 1. The standard InChI is InChI=1S/C13H24N4S/c1-5-16-6-8-17(9-7-16)13-15-11(3)12(18-13)10(2)14-4/h10,14H,5-9H2,1-4H3. The first-order chi connectivity index (χ1) is 8.65. The van der Waals surface area contributed by atoms with E-state index in [9.17, 15) is 0 Å². The van der Waals surface area contributed by atoms with Crippen LogP contribution in [0.4, 0.5) is 5.13 Å². The Kier molecular flexibility index (Phi) is 4.59. The summed E-state index contributed by atoms with van der Waals surface area (Å²) < 4.78 is 0. The first kappa shape index (κ1) is 13.8. The zero-order valence-corrected chi connectivity index (χ0v) is 12.7. The molecule has 0 radical (unpaired) electrons. The predicted molar refractivity (Wildman–Crippen MR) is 78.7 cm³/mol. The van der Waals surface area contributed by atoms with Gasteiger partial charge in [-0.1, -0.05) is 6.92 Å². The van der Waals surface area contributed by atoms with Gasteiger partial charge in [-0.05, 0) is 27.4 Å². The van der Waals surface area contributed by atoms with Crippen LogP contribution in [0.5, 0.6) is 0 Å². The highest BCUT2D eigenvalue weighted by Gasteiger charge is 2.20. The van der Waals surface area contributed by atoms with Crippen LogP contribution in [0.2, 0.25) is 0 Å². The molecular weight excluding hydrogens is 244 g/mol. The number of aryl methyl sites for hydroxylation is 1. The predicted octanol–water partition coefficient (Wildman–Crippen LogP) is 1.87. The summed E-state index contributed by atoms with van der Waals surface area (Å²) in [6.45, 7) is 12.2. The quantitative estimate of drug-likeness (QED) is 0.903. The molecular formula is C13H24N4S. The fourth-order valence-electron chi connectivity index (χ4n) is 2.32. The Bertz CT molecular complexity index is 382. The number of piperazine rings is 1. The number of thiazole rings is 1. The molecule has 1 aliphatic rings. The van der Waals surface area contributed by atoms with E-state index < -0.39 is 0 Å². The monoisotopic (exact) mass is 268 g/mol. The third kappa shape index (κ3) is 2.84. The summed E-state index contributed by atoms with van der Waals surface area (Å²) in [6.07, 6.45) is 0. The molecule has 0 bridgehead atoms. The summed E-state index contributed by atoms with van der Waals surface area (Å²) in [7, 11) is 2.00. The van der Waals surface area contributed by atoms with Gasteiger partial charge in [0.05, 0.1) is 5.69 Å². The van der Waals surface area contributed by atoms with Crippen LogP contribution in [0.15, 0.2) is 0 Å². The van der Waals surface area contributed by atoms with E-state index in [1.54, 1.807) is 0 Å². The lowest BCUT2D eigenvalue weighted by Crippen LogP contribution is -2.46. The highest BCUT2D eigenvalue weighted by atomic mass is 32.1. The maximum absolute atomic E-state index is 4.74. The first-order valence-electron chi connectivity index (χ1n) is 6.77. The summed E-state index contributed by atoms with van der Waals surface area (Å²) >= 11 is 1.84. The topological polar surface area (TPSA) is 31.4 Å². The number of hydrogen-bond donors (Lipinski definition) is 1. The Hall–Kier alpha value is -0.650. The van der Waals surface area contributed by atoms with Crippen molar-refractivity contribution < 1.29 is 0 Å². The van der Waals surface area contributed by atoms with Gasteiger partial charge in [0, 0.05) is 37.1 Å². The fourth-order valence-corrected chi connectivity index (χ4v) is 3.50. The normalized spacial score (nSPS) is 19.2. The van der Waals surface area contributed by atoms with E-state index in [1.165, 1.54) is 15.7 Å². The van der Waals surface area contributed by atoms with Crippen molar-refractivity contribution in [3.63, 3.8) is 0 Å². The van der Waals surface area contributed by atoms with Crippen molar-refractivity contribution in [1.29, 1.82) is 0 Å². The number of nitrogens with zero attached hydrogens (tertiary/aromatic N) is 3. The molecule has 1 aliphatic heterocycles. The lowest BCUT2D eigenvalue weighted by atomic mass is 10.2. The van der Waals surface area contributed by atoms with Crippen molar-refractivity contribution in [2.75, 3.05) is 44.7 Å². The second-order valence-electron chi connectivity index (χ2n) is 4.88. The van der Waals surface area contributed by atoms with Crippen molar-refractivity contribution in [3.05, 3.63) is 10.6 Å². The molecule has 0 saturated carbocycles. The van der Waals surface area contributed by atoms with E-state index in [1.807, 2.05) is 18.4 Å². The molecule has 1 unspecified atom stereocenters. The van der Waals surface area contributed by atoms with Crippen LogP contribution in [0.3, 0.4) is 0 Å². The van der Waals surface area contributed by atoms with E-state index in [-0.39, 0.29) is 0 Å². The lowest BCUT2D eigenvalue weighted by Gasteiger charge is -2.33. The van der Waals surface area contributed by atoms with Gasteiger partial charge in [0.25, 0.3) is 0 Å². The number of anilines is 1. The Morgan fingerprint density at radius 2 is 2.00 bits per heavy atom. The van der Waals surface area contributed by atoms with Gasteiger partial charge in [-0.25, -0.2) is 4.98 Å². The summed E-state index contributed by atoms with van der Waals surface area (Å²) in [5.41, 5.74) is 1.18. The first-order valence-corrected chi connectivity index (χ1v) is 7.59. The number of likely N-dealkylation sites (N-methyl/N-ethyl adjacent to an activating group) is 1. The molecule has 18 heavy (non-hydrogen) atoms. The average molecular weight is 268 g/mol. The second-order valence-corrected chi connectivity index (χ2v) is 5.89. The summed E-state index contributed by atoms with van der Waals surface area (Å²) in [6, 6.07) is 0.396. The van der Waals surface area contributed by atoms with Gasteiger partial charge in [-0.2, -0.15) is 0 Å². The van der Waals surface area contributed by atoms with E-state index in [4.69, 9.17) is 4.98 Å². The maximum atomic E-state index is 4.74. The smallest absolute Gasteiger partial charge is 0.185 e. The second kappa shape index (κ2) is 5.99. The molecule has 1 saturated heterocycles. The third-order valence-electron chi connectivity index (χ3n) is 3.74. The molecule has 1 aromatic rings. The minimum atomic E-state index is 0.396. The van der Waals surface area contributed by atoms with Gasteiger partial charge in [-0.3, -0.25) is 0 Å². The number of aromatic nitrogens is 1. The van der Waals surface area contributed by atoms with Crippen molar-refractivity contribution in [3.8, 4) is 0 Å². The van der Waals surface area contributed by atoms with Crippen LogP contribution in [-0.2, 0) is 0 Å².